The van der Waals surface area contributed by atoms with Gasteiger partial charge in [0.25, 0.3) is 5.91 Å². The van der Waals surface area contributed by atoms with Gasteiger partial charge in [-0.25, -0.2) is 8.78 Å². The molecular formula is C28H22F2N4O4. The maximum absolute atomic E-state index is 15.7. The van der Waals surface area contributed by atoms with Crippen LogP contribution in [0.2, 0.25) is 0 Å². The molecule has 1 saturated heterocycles. The quantitative estimate of drug-likeness (QED) is 0.419. The molecule has 1 N–H and O–H groups in total. The molecule has 3 aliphatic rings. The highest BCUT2D eigenvalue weighted by Gasteiger charge is 2.48. The summed E-state index contributed by atoms with van der Waals surface area (Å²) in [6, 6.07) is 13.7. The normalized spacial score (nSPS) is 21.7. The van der Waals surface area contributed by atoms with Crippen molar-refractivity contribution in [2.24, 2.45) is 0 Å². The monoisotopic (exact) mass is 516 g/mol. The largest absolute Gasteiger partial charge is 0.502 e. The average Bonchev–Trinajstić information content (AvgIpc) is 3.35. The summed E-state index contributed by atoms with van der Waals surface area (Å²) >= 11 is 0. The van der Waals surface area contributed by atoms with Crippen molar-refractivity contribution in [1.29, 1.82) is 0 Å². The van der Waals surface area contributed by atoms with Crippen LogP contribution in [-0.4, -0.2) is 50.6 Å². The number of nitrogens with zero attached hydrogens (tertiary/aromatic N) is 4. The molecule has 0 spiro atoms. The Kier molecular flexibility index (Phi) is 4.80. The third kappa shape index (κ3) is 2.91. The van der Waals surface area contributed by atoms with Crippen LogP contribution >= 0.6 is 0 Å². The minimum absolute atomic E-state index is 0.0937. The summed E-state index contributed by atoms with van der Waals surface area (Å²) in [7, 11) is 0. The first-order valence-corrected chi connectivity index (χ1v) is 12.3. The number of fused-ring (bicyclic) bond motifs is 7. The molecule has 0 bridgehead atoms. The SMILES string of the molecule is CC1COC[C@@H]2N1C(=O)c1c(O)c(=O)ccn1N2[C@@H]1c2ccccc2-n2cccc2-c2c1ccc(F)c2F. The van der Waals surface area contributed by atoms with E-state index in [-0.39, 0.29) is 30.5 Å². The van der Waals surface area contributed by atoms with Crippen molar-refractivity contribution in [3.63, 3.8) is 0 Å². The minimum atomic E-state index is -0.985. The lowest BCUT2D eigenvalue weighted by Gasteiger charge is -2.53. The van der Waals surface area contributed by atoms with Crippen LogP contribution in [0.15, 0.2) is 71.8 Å². The van der Waals surface area contributed by atoms with Crippen LogP contribution in [0.3, 0.4) is 0 Å². The Morgan fingerprint density at radius 1 is 0.947 bits per heavy atom. The van der Waals surface area contributed by atoms with Crippen molar-refractivity contribution in [3.05, 3.63) is 106 Å². The van der Waals surface area contributed by atoms with Gasteiger partial charge in [-0.1, -0.05) is 24.3 Å². The standard InChI is InChI=1S/C28H22F2N4O4/c1-15-13-38-14-22-33(15)28(37)26-27(36)21(35)10-12-32(26)34(22)25-16-5-2-3-6-19(16)31-11-4-7-20(31)23-17(25)8-9-18(29)24(23)30/h2-12,15,22,25,36H,13-14H2,1H3/t15?,22-,25-/m1/s1. The third-order valence-corrected chi connectivity index (χ3v) is 7.65. The Labute approximate surface area is 215 Å². The van der Waals surface area contributed by atoms with Crippen molar-refractivity contribution in [2.45, 2.75) is 25.2 Å². The molecule has 0 radical (unpaired) electrons. The van der Waals surface area contributed by atoms with Gasteiger partial charge in [-0.3, -0.25) is 19.3 Å². The Morgan fingerprint density at radius 2 is 1.76 bits per heavy atom. The Bertz CT molecular complexity index is 1700. The number of para-hydroxylation sites is 1. The van der Waals surface area contributed by atoms with Crippen molar-refractivity contribution in [1.82, 2.24) is 14.1 Å². The molecule has 1 unspecified atom stereocenters. The van der Waals surface area contributed by atoms with Crippen LogP contribution in [0.4, 0.5) is 8.78 Å². The second-order valence-electron chi connectivity index (χ2n) is 9.73. The highest BCUT2D eigenvalue weighted by Crippen LogP contribution is 2.46. The van der Waals surface area contributed by atoms with Gasteiger partial charge in [0, 0.05) is 29.6 Å². The molecule has 3 atom stereocenters. The summed E-state index contributed by atoms with van der Waals surface area (Å²) in [5.74, 6) is -3.14. The highest BCUT2D eigenvalue weighted by molar-refractivity contribution is 5.97. The zero-order valence-electron chi connectivity index (χ0n) is 20.2. The molecule has 10 heteroatoms. The van der Waals surface area contributed by atoms with E-state index >= 15 is 4.39 Å². The molecule has 3 aliphatic heterocycles. The molecule has 1 amide bonds. The smallest absolute Gasteiger partial charge is 0.278 e. The minimum Gasteiger partial charge on any atom is -0.502 e. The maximum atomic E-state index is 15.7. The van der Waals surface area contributed by atoms with Gasteiger partial charge < -0.3 is 19.3 Å². The molecule has 0 saturated carbocycles. The van der Waals surface area contributed by atoms with Gasteiger partial charge in [-0.05, 0) is 36.8 Å². The first-order valence-electron chi connectivity index (χ1n) is 12.3. The number of pyridine rings is 1. The summed E-state index contributed by atoms with van der Waals surface area (Å²) in [6.07, 6.45) is 2.55. The van der Waals surface area contributed by atoms with E-state index in [1.165, 1.54) is 16.9 Å². The number of aromatic hydroxyl groups is 1. The van der Waals surface area contributed by atoms with Crippen LogP contribution in [0.1, 0.15) is 34.6 Å². The molecular weight excluding hydrogens is 494 g/mol. The number of aromatic nitrogens is 2. The maximum Gasteiger partial charge on any atom is 0.278 e. The predicted octanol–water partition coefficient (Wildman–Crippen LogP) is 3.53. The summed E-state index contributed by atoms with van der Waals surface area (Å²) in [5.41, 5.74) is 1.66. The number of carbonyl (C=O) groups is 1. The fraction of sp³-hybridized carbons (Fsp3) is 0.214. The predicted molar refractivity (Wildman–Crippen MR) is 134 cm³/mol. The number of morpholine rings is 1. The molecule has 38 heavy (non-hydrogen) atoms. The Balaban J connectivity index is 1.60. The van der Waals surface area contributed by atoms with Gasteiger partial charge in [0.05, 0.1) is 30.6 Å². The molecule has 2 aromatic heterocycles. The van der Waals surface area contributed by atoms with Gasteiger partial charge >= 0.3 is 0 Å². The van der Waals surface area contributed by atoms with E-state index in [2.05, 4.69) is 0 Å². The van der Waals surface area contributed by atoms with Crippen LogP contribution < -0.4 is 10.4 Å². The van der Waals surface area contributed by atoms with Gasteiger partial charge in [-0.15, -0.1) is 0 Å². The number of halogens is 2. The summed E-state index contributed by atoms with van der Waals surface area (Å²) in [4.78, 5) is 27.7. The van der Waals surface area contributed by atoms with Crippen molar-refractivity contribution in [2.75, 3.05) is 18.2 Å². The number of rotatable bonds is 1. The Hall–Kier alpha value is -4.44. The molecule has 5 heterocycles. The summed E-state index contributed by atoms with van der Waals surface area (Å²) in [6.45, 7) is 2.23. The number of benzene rings is 2. The summed E-state index contributed by atoms with van der Waals surface area (Å²) in [5, 5.41) is 12.6. The number of hydrogen-bond acceptors (Lipinski definition) is 5. The molecule has 0 aliphatic carbocycles. The van der Waals surface area contributed by atoms with Gasteiger partial charge in [0.2, 0.25) is 5.43 Å². The topological polar surface area (TPSA) is 79.9 Å². The van der Waals surface area contributed by atoms with Crippen LogP contribution in [0.25, 0.3) is 16.9 Å². The molecule has 192 valence electrons. The number of carbonyl (C=O) groups excluding carboxylic acids is 1. The van der Waals surface area contributed by atoms with Crippen LogP contribution in [0.5, 0.6) is 5.75 Å². The highest BCUT2D eigenvalue weighted by atomic mass is 19.2. The third-order valence-electron chi connectivity index (χ3n) is 7.65. The lowest BCUT2D eigenvalue weighted by molar-refractivity contribution is -0.0468. The first-order chi connectivity index (χ1) is 18.4. The molecule has 8 nitrogen and oxygen atoms in total. The Morgan fingerprint density at radius 3 is 2.61 bits per heavy atom. The van der Waals surface area contributed by atoms with Crippen LogP contribution in [-0.2, 0) is 4.74 Å². The van der Waals surface area contributed by atoms with E-state index in [0.29, 0.717) is 11.3 Å². The lowest BCUT2D eigenvalue weighted by atomic mass is 9.91. The molecule has 2 aromatic carbocycles. The van der Waals surface area contributed by atoms with Gasteiger partial charge in [-0.2, -0.15) is 0 Å². The number of ether oxygens (including phenoxy) is 1. The number of amides is 1. The van der Waals surface area contributed by atoms with Crippen molar-refractivity contribution in [3.8, 4) is 22.7 Å². The molecule has 1 fully saturated rings. The van der Waals surface area contributed by atoms with E-state index in [4.69, 9.17) is 4.74 Å². The van der Waals surface area contributed by atoms with Gasteiger partial charge in [0.15, 0.2) is 23.1 Å². The second kappa shape index (κ2) is 8.03. The van der Waals surface area contributed by atoms with E-state index in [1.807, 2.05) is 40.8 Å². The first kappa shape index (κ1) is 22.7. The van der Waals surface area contributed by atoms with Crippen molar-refractivity contribution < 1.29 is 23.4 Å². The van der Waals surface area contributed by atoms with E-state index in [1.54, 1.807) is 29.3 Å². The second-order valence-corrected chi connectivity index (χ2v) is 9.73. The average molecular weight is 517 g/mol. The summed E-state index contributed by atoms with van der Waals surface area (Å²) < 4.78 is 39.5. The van der Waals surface area contributed by atoms with E-state index in [9.17, 15) is 19.1 Å². The van der Waals surface area contributed by atoms with E-state index in [0.717, 1.165) is 17.3 Å². The molecule has 4 aromatic rings. The zero-order valence-corrected chi connectivity index (χ0v) is 20.2. The zero-order chi connectivity index (χ0) is 26.3. The fourth-order valence-electron chi connectivity index (χ4n) is 6.05. The van der Waals surface area contributed by atoms with E-state index < -0.39 is 40.9 Å². The van der Waals surface area contributed by atoms with Gasteiger partial charge in [0.1, 0.15) is 12.2 Å². The van der Waals surface area contributed by atoms with Crippen molar-refractivity contribution >= 4 is 5.91 Å². The number of hydrogen-bond donors (Lipinski definition) is 1. The lowest BCUT2D eigenvalue weighted by Crippen LogP contribution is -2.68. The fourth-order valence-corrected chi connectivity index (χ4v) is 6.05. The molecule has 7 rings (SSSR count). The van der Waals surface area contributed by atoms with Crippen LogP contribution in [0, 0.1) is 11.6 Å².